The molecule has 0 spiro atoms. The van der Waals surface area contributed by atoms with E-state index < -0.39 is 17.7 Å². The molecule has 36 heavy (non-hydrogen) atoms. The molecule has 0 saturated heterocycles. The van der Waals surface area contributed by atoms with Crippen LogP contribution < -0.4 is 5.32 Å². The van der Waals surface area contributed by atoms with Gasteiger partial charge in [0.25, 0.3) is 0 Å². The Labute approximate surface area is 210 Å². The van der Waals surface area contributed by atoms with Gasteiger partial charge in [0, 0.05) is 29.9 Å². The Balaban J connectivity index is 1.49. The van der Waals surface area contributed by atoms with E-state index in [1.54, 1.807) is 39.0 Å². The van der Waals surface area contributed by atoms with E-state index in [-0.39, 0.29) is 36.3 Å². The summed E-state index contributed by atoms with van der Waals surface area (Å²) in [6, 6.07) is 15.3. The normalized spacial score (nSPS) is 18.6. The first-order valence-corrected chi connectivity index (χ1v) is 12.3. The molecule has 1 heterocycles. The summed E-state index contributed by atoms with van der Waals surface area (Å²) in [4.78, 5) is 30.6. The number of hydrogen-bond acceptors (Lipinski definition) is 6. The van der Waals surface area contributed by atoms with Crippen molar-refractivity contribution in [2.45, 2.75) is 70.4 Å². The highest BCUT2D eigenvalue weighted by atomic mass is 19.1. The zero-order valence-corrected chi connectivity index (χ0v) is 20.9. The van der Waals surface area contributed by atoms with E-state index in [9.17, 15) is 14.0 Å². The number of ketones is 1. The number of alkyl carbamates (subject to hydrolysis) is 1. The topological polar surface area (TPSA) is 94.3 Å². The summed E-state index contributed by atoms with van der Waals surface area (Å²) >= 11 is 0. The van der Waals surface area contributed by atoms with Gasteiger partial charge in [-0.3, -0.25) is 4.79 Å². The lowest BCUT2D eigenvalue weighted by Crippen LogP contribution is -2.42. The van der Waals surface area contributed by atoms with Crippen molar-refractivity contribution in [1.29, 1.82) is 0 Å². The van der Waals surface area contributed by atoms with Crippen LogP contribution in [0.15, 0.2) is 59.1 Å². The third-order valence-electron chi connectivity index (χ3n) is 6.31. The average Bonchev–Trinajstić information content (AvgIpc) is 3.49. The monoisotopic (exact) mass is 493 g/mol. The third-order valence-corrected chi connectivity index (χ3v) is 6.31. The molecule has 0 radical (unpaired) electrons. The second-order valence-corrected chi connectivity index (χ2v) is 10.3. The van der Waals surface area contributed by atoms with Gasteiger partial charge >= 0.3 is 6.09 Å². The highest BCUT2D eigenvalue weighted by molar-refractivity contribution is 5.83. The lowest BCUT2D eigenvalue weighted by molar-refractivity contribution is -0.123. The molecule has 1 saturated carbocycles. The smallest absolute Gasteiger partial charge is 0.407 e. The molecule has 1 aliphatic carbocycles. The molecule has 3 atom stereocenters. The number of aromatic nitrogens is 2. The van der Waals surface area contributed by atoms with E-state index >= 15 is 0 Å². The van der Waals surface area contributed by atoms with Gasteiger partial charge in [0.15, 0.2) is 0 Å². The zero-order valence-electron chi connectivity index (χ0n) is 20.9. The Morgan fingerprint density at radius 3 is 2.56 bits per heavy atom. The SMILES string of the molecule is CC(C)(C)OC(=O)N[C@@H](CC(=O)C1CCC[C@H]1c1nc(-c2ccccc2)no1)Cc1ccccc1F. The third kappa shape index (κ3) is 6.56. The van der Waals surface area contributed by atoms with Crippen LogP contribution in [0.2, 0.25) is 0 Å². The van der Waals surface area contributed by atoms with Gasteiger partial charge in [-0.1, -0.05) is 60.1 Å². The van der Waals surface area contributed by atoms with Crippen LogP contribution in [0.1, 0.15) is 63.8 Å². The first-order valence-electron chi connectivity index (χ1n) is 12.3. The second-order valence-electron chi connectivity index (χ2n) is 10.3. The number of carbonyl (C=O) groups excluding carboxylic acids is 2. The van der Waals surface area contributed by atoms with Crippen LogP contribution in [0.25, 0.3) is 11.4 Å². The summed E-state index contributed by atoms with van der Waals surface area (Å²) in [5, 5.41) is 6.90. The van der Waals surface area contributed by atoms with Crippen molar-refractivity contribution in [3.05, 3.63) is 71.9 Å². The molecule has 0 aliphatic heterocycles. The molecule has 190 valence electrons. The molecule has 1 amide bonds. The molecule has 1 N–H and O–H groups in total. The summed E-state index contributed by atoms with van der Waals surface area (Å²) < 4.78 is 25.3. The lowest BCUT2D eigenvalue weighted by atomic mass is 9.87. The zero-order chi connectivity index (χ0) is 25.7. The number of hydrogen-bond donors (Lipinski definition) is 1. The summed E-state index contributed by atoms with van der Waals surface area (Å²) in [5.74, 6) is 0.0623. The van der Waals surface area contributed by atoms with Crippen molar-refractivity contribution in [1.82, 2.24) is 15.5 Å². The van der Waals surface area contributed by atoms with Crippen LogP contribution in [-0.2, 0) is 16.0 Å². The number of Topliss-reactive ketones (excluding diaryl/α,β-unsaturated/α-hetero) is 1. The number of rotatable bonds is 8. The van der Waals surface area contributed by atoms with E-state index in [1.165, 1.54) is 6.07 Å². The summed E-state index contributed by atoms with van der Waals surface area (Å²) in [5.41, 5.74) is 0.584. The van der Waals surface area contributed by atoms with Crippen molar-refractivity contribution in [3.63, 3.8) is 0 Å². The van der Waals surface area contributed by atoms with Crippen LogP contribution in [-0.4, -0.2) is 33.7 Å². The number of halogens is 1. The van der Waals surface area contributed by atoms with Crippen LogP contribution in [0.5, 0.6) is 0 Å². The van der Waals surface area contributed by atoms with Gasteiger partial charge in [-0.05, 0) is 51.7 Å². The maximum Gasteiger partial charge on any atom is 0.407 e. The molecule has 1 aromatic heterocycles. The summed E-state index contributed by atoms with van der Waals surface area (Å²) in [7, 11) is 0. The molecular formula is C28H32FN3O4. The maximum absolute atomic E-state index is 14.4. The van der Waals surface area contributed by atoms with Crippen molar-refractivity contribution in [3.8, 4) is 11.4 Å². The number of amides is 1. The molecule has 1 unspecified atom stereocenters. The molecule has 1 fully saturated rings. The second kappa shape index (κ2) is 11.0. The number of nitrogens with zero attached hydrogens (tertiary/aromatic N) is 2. The van der Waals surface area contributed by atoms with E-state index in [0.717, 1.165) is 18.4 Å². The molecule has 3 aromatic rings. The Morgan fingerprint density at radius 2 is 1.83 bits per heavy atom. The van der Waals surface area contributed by atoms with Crippen molar-refractivity contribution < 1.29 is 23.2 Å². The number of nitrogens with one attached hydrogen (secondary N) is 1. The predicted molar refractivity (Wildman–Crippen MR) is 133 cm³/mol. The highest BCUT2D eigenvalue weighted by Crippen LogP contribution is 2.40. The number of ether oxygens (including phenoxy) is 1. The number of benzene rings is 2. The maximum atomic E-state index is 14.4. The van der Waals surface area contributed by atoms with Gasteiger partial charge in [-0.25, -0.2) is 9.18 Å². The molecule has 4 rings (SSSR count). The lowest BCUT2D eigenvalue weighted by Gasteiger charge is -2.25. The Hall–Kier alpha value is -3.55. The highest BCUT2D eigenvalue weighted by Gasteiger charge is 2.38. The summed E-state index contributed by atoms with van der Waals surface area (Å²) in [6.07, 6.45) is 1.92. The van der Waals surface area contributed by atoms with Crippen molar-refractivity contribution in [2.24, 2.45) is 5.92 Å². The molecule has 7 nitrogen and oxygen atoms in total. The molecule has 8 heteroatoms. The van der Waals surface area contributed by atoms with Gasteiger partial charge in [0.1, 0.15) is 17.2 Å². The van der Waals surface area contributed by atoms with Gasteiger partial charge in [0.05, 0.1) is 0 Å². The predicted octanol–water partition coefficient (Wildman–Crippen LogP) is 5.85. The van der Waals surface area contributed by atoms with Gasteiger partial charge in [-0.2, -0.15) is 4.98 Å². The fourth-order valence-electron chi connectivity index (χ4n) is 4.70. The standard InChI is InChI=1S/C28H32FN3O4/c1-28(2,3)35-27(34)30-20(16-19-12-7-8-15-23(19)29)17-24(33)21-13-9-14-22(21)26-31-25(32-36-26)18-10-5-4-6-11-18/h4-8,10-12,15,20-22H,9,13-14,16-17H2,1-3H3,(H,30,34)/t20-,21?,22-/m1/s1. The molecule has 0 bridgehead atoms. The van der Waals surface area contributed by atoms with Crippen LogP contribution in [0.4, 0.5) is 9.18 Å². The van der Waals surface area contributed by atoms with Crippen LogP contribution >= 0.6 is 0 Å². The number of carbonyl (C=O) groups is 2. The van der Waals surface area contributed by atoms with Gasteiger partial charge in [-0.15, -0.1) is 0 Å². The minimum Gasteiger partial charge on any atom is -0.444 e. The van der Waals surface area contributed by atoms with Crippen molar-refractivity contribution >= 4 is 11.9 Å². The Morgan fingerprint density at radius 1 is 1.11 bits per heavy atom. The fraction of sp³-hybridized carbons (Fsp3) is 0.429. The van der Waals surface area contributed by atoms with E-state index in [0.29, 0.717) is 23.7 Å². The van der Waals surface area contributed by atoms with Crippen LogP contribution in [0.3, 0.4) is 0 Å². The van der Waals surface area contributed by atoms with Crippen molar-refractivity contribution in [2.75, 3.05) is 0 Å². The molecule has 2 aromatic carbocycles. The quantitative estimate of drug-likeness (QED) is 0.423. The van der Waals surface area contributed by atoms with Gasteiger partial charge in [0.2, 0.25) is 11.7 Å². The Kier molecular flexibility index (Phi) is 7.82. The van der Waals surface area contributed by atoms with E-state index in [4.69, 9.17) is 9.26 Å². The minimum atomic E-state index is -0.693. The fourth-order valence-corrected chi connectivity index (χ4v) is 4.70. The van der Waals surface area contributed by atoms with E-state index in [2.05, 4.69) is 15.5 Å². The minimum absolute atomic E-state index is 0.0191. The molecule has 1 aliphatic rings. The van der Waals surface area contributed by atoms with Crippen LogP contribution in [0, 0.1) is 11.7 Å². The summed E-state index contributed by atoms with van der Waals surface area (Å²) in [6.45, 7) is 5.29. The first kappa shape index (κ1) is 25.5. The van der Waals surface area contributed by atoms with Gasteiger partial charge < -0.3 is 14.6 Å². The Bertz CT molecular complexity index is 1190. The average molecular weight is 494 g/mol. The van der Waals surface area contributed by atoms with E-state index in [1.807, 2.05) is 30.3 Å². The molecular weight excluding hydrogens is 461 g/mol. The first-order chi connectivity index (χ1) is 17.2. The largest absolute Gasteiger partial charge is 0.444 e.